The minimum Gasteiger partial charge on any atom is -0.356 e. The summed E-state index contributed by atoms with van der Waals surface area (Å²) < 4.78 is 4.77. The van der Waals surface area contributed by atoms with Crippen LogP contribution in [0.25, 0.3) is 0 Å². The molecular formula is C15H16ClN5O3S. The predicted octanol–water partition coefficient (Wildman–Crippen LogP) is 1.97. The van der Waals surface area contributed by atoms with Crippen molar-refractivity contribution in [1.29, 1.82) is 0 Å². The van der Waals surface area contributed by atoms with E-state index in [0.29, 0.717) is 29.4 Å². The molecule has 0 unspecified atom stereocenters. The number of amides is 1. The van der Waals surface area contributed by atoms with Crippen LogP contribution in [0.5, 0.6) is 0 Å². The van der Waals surface area contributed by atoms with Gasteiger partial charge >= 0.3 is 0 Å². The number of hydroxylamine groups is 1. The number of carbonyl (C=O) groups excluding carboxylic acids is 1. The topological polar surface area (TPSA) is 113 Å². The maximum absolute atomic E-state index is 10.9. The van der Waals surface area contributed by atoms with Gasteiger partial charge in [0.25, 0.3) is 0 Å². The summed E-state index contributed by atoms with van der Waals surface area (Å²) in [7, 11) is 0. The van der Waals surface area contributed by atoms with E-state index in [1.807, 2.05) is 18.2 Å². The van der Waals surface area contributed by atoms with Gasteiger partial charge in [-0.1, -0.05) is 35.5 Å². The molecule has 1 atom stereocenters. The molecule has 1 aliphatic rings. The highest BCUT2D eigenvalue weighted by Gasteiger charge is 2.29. The zero-order valence-electron chi connectivity index (χ0n) is 13.3. The van der Waals surface area contributed by atoms with E-state index in [0.717, 1.165) is 16.1 Å². The number of aromatic nitrogens is 2. The van der Waals surface area contributed by atoms with Crippen LogP contribution in [0.3, 0.4) is 0 Å². The fourth-order valence-corrected chi connectivity index (χ4v) is 3.50. The predicted molar refractivity (Wildman–Crippen MR) is 93.1 cm³/mol. The minimum atomic E-state index is -0.114. The van der Waals surface area contributed by atoms with Crippen LogP contribution >= 0.6 is 23.4 Å². The molecule has 25 heavy (non-hydrogen) atoms. The molecule has 1 aliphatic carbocycles. The van der Waals surface area contributed by atoms with Crippen molar-refractivity contribution < 1.29 is 14.6 Å². The minimum absolute atomic E-state index is 0.0966. The molecule has 1 heterocycles. The lowest BCUT2D eigenvalue weighted by molar-refractivity contribution is -0.118. The molecule has 1 aromatic carbocycles. The first-order chi connectivity index (χ1) is 12.1. The fourth-order valence-electron chi connectivity index (χ4n) is 2.48. The highest BCUT2D eigenvalue weighted by Crippen LogP contribution is 2.40. The molecule has 0 aliphatic heterocycles. The van der Waals surface area contributed by atoms with E-state index in [1.54, 1.807) is 0 Å². The number of nitrogens with one attached hydrogen (secondary N) is 2. The van der Waals surface area contributed by atoms with Crippen molar-refractivity contribution in [2.75, 3.05) is 12.3 Å². The molecule has 1 amide bonds. The van der Waals surface area contributed by atoms with Gasteiger partial charge in [-0.25, -0.2) is 4.63 Å². The Morgan fingerprint density at radius 2 is 2.36 bits per heavy atom. The third kappa shape index (κ3) is 3.94. The lowest BCUT2D eigenvalue weighted by Gasteiger charge is -2.28. The zero-order chi connectivity index (χ0) is 17.8. The van der Waals surface area contributed by atoms with Gasteiger partial charge in [0.2, 0.25) is 5.91 Å². The van der Waals surface area contributed by atoms with Crippen molar-refractivity contribution in [1.82, 2.24) is 21.1 Å². The van der Waals surface area contributed by atoms with Gasteiger partial charge < -0.3 is 5.32 Å². The molecule has 0 saturated heterocycles. The van der Waals surface area contributed by atoms with Crippen LogP contribution in [0.15, 0.2) is 32.8 Å². The van der Waals surface area contributed by atoms with Gasteiger partial charge in [0, 0.05) is 30.7 Å². The van der Waals surface area contributed by atoms with Crippen molar-refractivity contribution in [2.24, 2.45) is 4.99 Å². The SMILES string of the molecule is CC(=O)NCCSc1nonc1C(=N[C@@H]1Cc2c(Cl)cccc21)NO. The standard InChI is InChI=1S/C15H16ClN5O3S/c1-8(22)17-5-6-25-15-13(20-24-21-15)14(19-23)18-12-7-10-9(12)3-2-4-11(10)16/h2-4,12,23H,5-7H2,1H3,(H,17,22)(H,18,19)/t12-/m1/s1. The van der Waals surface area contributed by atoms with Gasteiger partial charge in [-0.05, 0) is 27.5 Å². The third-order valence-electron chi connectivity index (χ3n) is 3.70. The largest absolute Gasteiger partial charge is 0.356 e. The molecule has 0 saturated carbocycles. The van der Waals surface area contributed by atoms with Gasteiger partial charge in [-0.3, -0.25) is 20.5 Å². The van der Waals surface area contributed by atoms with Crippen molar-refractivity contribution >= 4 is 35.1 Å². The van der Waals surface area contributed by atoms with Gasteiger partial charge in [0.15, 0.2) is 16.6 Å². The summed E-state index contributed by atoms with van der Waals surface area (Å²) in [4.78, 5) is 15.4. The number of benzene rings is 1. The van der Waals surface area contributed by atoms with Crippen molar-refractivity contribution in [2.45, 2.75) is 24.4 Å². The maximum Gasteiger partial charge on any atom is 0.216 e. The highest BCUT2D eigenvalue weighted by atomic mass is 35.5. The highest BCUT2D eigenvalue weighted by molar-refractivity contribution is 7.99. The number of fused-ring (bicyclic) bond motifs is 1. The first-order valence-electron chi connectivity index (χ1n) is 7.55. The second-order valence-corrected chi connectivity index (χ2v) is 6.86. The summed E-state index contributed by atoms with van der Waals surface area (Å²) >= 11 is 7.48. The third-order valence-corrected chi connectivity index (χ3v) is 5.00. The molecule has 10 heteroatoms. The number of carbonyl (C=O) groups is 1. The summed E-state index contributed by atoms with van der Waals surface area (Å²) in [6.45, 7) is 1.94. The molecule has 0 spiro atoms. The Morgan fingerprint density at radius 3 is 3.12 bits per heavy atom. The Bertz CT molecular complexity index is 810. The van der Waals surface area contributed by atoms with E-state index >= 15 is 0 Å². The number of thioether (sulfide) groups is 1. The number of hydrogen-bond donors (Lipinski definition) is 3. The number of hydrogen-bond acceptors (Lipinski definition) is 7. The molecular weight excluding hydrogens is 366 g/mol. The van der Waals surface area contributed by atoms with Crippen LogP contribution in [0.1, 0.15) is 29.8 Å². The quantitative estimate of drug-likeness (QED) is 0.230. The first kappa shape index (κ1) is 17.7. The fraction of sp³-hybridized carbons (Fsp3) is 0.333. The van der Waals surface area contributed by atoms with E-state index < -0.39 is 0 Å². The van der Waals surface area contributed by atoms with Crippen LogP contribution < -0.4 is 10.8 Å². The van der Waals surface area contributed by atoms with Crippen LogP contribution in [0.2, 0.25) is 5.02 Å². The first-order valence-corrected chi connectivity index (χ1v) is 8.92. The second-order valence-electron chi connectivity index (χ2n) is 5.37. The lowest BCUT2D eigenvalue weighted by Crippen LogP contribution is -2.26. The van der Waals surface area contributed by atoms with E-state index in [2.05, 4.69) is 26.1 Å². The number of aliphatic imine (C=N–C) groups is 1. The monoisotopic (exact) mass is 381 g/mol. The van der Waals surface area contributed by atoms with E-state index in [-0.39, 0.29) is 17.8 Å². The van der Waals surface area contributed by atoms with Crippen LogP contribution in [-0.2, 0) is 11.2 Å². The van der Waals surface area contributed by atoms with E-state index in [4.69, 9.17) is 16.2 Å². The van der Waals surface area contributed by atoms with E-state index in [9.17, 15) is 10.0 Å². The van der Waals surface area contributed by atoms with Crippen LogP contribution in [0, 0.1) is 0 Å². The Balaban J connectivity index is 1.72. The maximum atomic E-state index is 10.9. The lowest BCUT2D eigenvalue weighted by atomic mass is 9.83. The van der Waals surface area contributed by atoms with Crippen LogP contribution in [-0.4, -0.2) is 39.6 Å². The summed E-state index contributed by atoms with van der Waals surface area (Å²) in [6, 6.07) is 5.56. The molecule has 0 bridgehead atoms. The Kier molecular flexibility index (Phi) is 5.57. The Hall–Kier alpha value is -2.10. The zero-order valence-corrected chi connectivity index (χ0v) is 14.9. The summed E-state index contributed by atoms with van der Waals surface area (Å²) in [5, 5.41) is 21.0. The summed E-state index contributed by atoms with van der Waals surface area (Å²) in [5.74, 6) is 0.668. The number of nitrogens with zero attached hydrogens (tertiary/aromatic N) is 3. The molecule has 3 N–H and O–H groups in total. The summed E-state index contributed by atoms with van der Waals surface area (Å²) in [5.41, 5.74) is 4.49. The number of halogens is 1. The molecule has 8 nitrogen and oxygen atoms in total. The summed E-state index contributed by atoms with van der Waals surface area (Å²) in [6.07, 6.45) is 0.691. The smallest absolute Gasteiger partial charge is 0.216 e. The van der Waals surface area contributed by atoms with Crippen LogP contribution in [0.4, 0.5) is 0 Å². The van der Waals surface area contributed by atoms with Gasteiger partial charge in [-0.15, -0.1) is 0 Å². The molecule has 132 valence electrons. The molecule has 1 aromatic heterocycles. The van der Waals surface area contributed by atoms with Gasteiger partial charge in [-0.2, -0.15) is 0 Å². The normalized spacial score (nSPS) is 16.1. The Labute approximate surface area is 153 Å². The number of rotatable bonds is 6. The average molecular weight is 382 g/mol. The van der Waals surface area contributed by atoms with Crippen molar-refractivity contribution in [3.05, 3.63) is 40.0 Å². The second kappa shape index (κ2) is 7.85. The van der Waals surface area contributed by atoms with Crippen molar-refractivity contribution in [3.63, 3.8) is 0 Å². The molecule has 0 fully saturated rings. The molecule has 3 rings (SSSR count). The van der Waals surface area contributed by atoms with Gasteiger partial charge in [0.1, 0.15) is 0 Å². The Morgan fingerprint density at radius 1 is 1.52 bits per heavy atom. The average Bonchev–Trinajstić information content (AvgIpc) is 3.02. The van der Waals surface area contributed by atoms with Crippen molar-refractivity contribution in [3.8, 4) is 0 Å². The molecule has 2 aromatic rings. The van der Waals surface area contributed by atoms with Gasteiger partial charge in [0.05, 0.1) is 6.04 Å². The number of amidine groups is 1. The van der Waals surface area contributed by atoms with E-state index in [1.165, 1.54) is 18.7 Å². The molecule has 0 radical (unpaired) electrons.